The number of halogens is 1. The number of anilines is 2. The lowest BCUT2D eigenvalue weighted by atomic mass is 9.86. The van der Waals surface area contributed by atoms with E-state index < -0.39 is 5.82 Å². The lowest BCUT2D eigenvalue weighted by Crippen LogP contribution is -2.35. The van der Waals surface area contributed by atoms with Gasteiger partial charge in [-0.25, -0.2) is 14.4 Å². The average Bonchev–Trinajstić information content (AvgIpc) is 2.76. The van der Waals surface area contributed by atoms with Gasteiger partial charge in [0.2, 0.25) is 17.8 Å². The van der Waals surface area contributed by atoms with Crippen LogP contribution >= 0.6 is 0 Å². The number of hydrogen-bond donors (Lipinski definition) is 2. The first kappa shape index (κ1) is 20.3. The molecule has 1 aliphatic heterocycles. The first-order valence-electron chi connectivity index (χ1n) is 10.5. The van der Waals surface area contributed by atoms with Gasteiger partial charge in [-0.15, -0.1) is 0 Å². The molecule has 0 radical (unpaired) electrons. The average molecular weight is 411 g/mol. The second-order valence-electron chi connectivity index (χ2n) is 8.04. The van der Waals surface area contributed by atoms with E-state index in [-0.39, 0.29) is 29.5 Å². The minimum Gasteiger partial charge on any atom is -0.369 e. The number of aromatic nitrogens is 2. The summed E-state index contributed by atoms with van der Waals surface area (Å²) in [6.45, 7) is 0.676. The van der Waals surface area contributed by atoms with Crippen LogP contribution in [0.25, 0.3) is 11.3 Å². The summed E-state index contributed by atoms with van der Waals surface area (Å²) in [6, 6.07) is 7.38. The summed E-state index contributed by atoms with van der Waals surface area (Å²) < 4.78 is 14.5. The van der Waals surface area contributed by atoms with E-state index in [1.165, 1.54) is 6.20 Å². The highest BCUT2D eigenvalue weighted by Gasteiger charge is 2.25. The van der Waals surface area contributed by atoms with Crippen molar-refractivity contribution >= 4 is 23.5 Å². The standard InChI is InChI=1S/C22H26FN5O2/c23-18-13-25-22(26-16-9-7-14(8-10-16)21(24)30)27-20(18)15-4-3-5-17(12-15)28-11-2-1-6-19(28)29/h3-5,12-14,16H,1-2,6-11H2,(H2,24,30)(H,25,26,27)/t14-,16-. The van der Waals surface area contributed by atoms with E-state index >= 15 is 0 Å². The Morgan fingerprint density at radius 1 is 1.20 bits per heavy atom. The SMILES string of the molecule is NC(=O)[C@H]1CC[C@H](Nc2ncc(F)c(-c3cccc(N4CCCCC4=O)c3)n2)CC1. The predicted molar refractivity (Wildman–Crippen MR) is 112 cm³/mol. The largest absolute Gasteiger partial charge is 0.369 e. The van der Waals surface area contributed by atoms with E-state index in [9.17, 15) is 14.0 Å². The first-order valence-corrected chi connectivity index (χ1v) is 10.5. The van der Waals surface area contributed by atoms with Gasteiger partial charge in [-0.05, 0) is 50.7 Å². The zero-order valence-electron chi connectivity index (χ0n) is 16.8. The molecular weight excluding hydrogens is 385 g/mol. The summed E-state index contributed by atoms with van der Waals surface area (Å²) in [5.41, 5.74) is 6.95. The molecule has 8 heteroatoms. The van der Waals surface area contributed by atoms with E-state index in [0.29, 0.717) is 24.5 Å². The molecule has 0 bridgehead atoms. The molecule has 1 aromatic heterocycles. The van der Waals surface area contributed by atoms with Crippen LogP contribution in [-0.4, -0.2) is 34.4 Å². The van der Waals surface area contributed by atoms with E-state index in [0.717, 1.165) is 44.2 Å². The van der Waals surface area contributed by atoms with Gasteiger partial charge in [-0.2, -0.15) is 0 Å². The van der Waals surface area contributed by atoms with Crippen molar-refractivity contribution in [3.05, 3.63) is 36.3 Å². The molecule has 1 saturated heterocycles. The molecular formula is C22H26FN5O2. The van der Waals surface area contributed by atoms with Crippen molar-refractivity contribution in [1.82, 2.24) is 9.97 Å². The van der Waals surface area contributed by atoms with Gasteiger partial charge in [0.25, 0.3) is 0 Å². The number of primary amides is 1. The second kappa shape index (κ2) is 8.77. The highest BCUT2D eigenvalue weighted by atomic mass is 19.1. The number of benzene rings is 1. The molecule has 2 heterocycles. The number of nitrogens with zero attached hydrogens (tertiary/aromatic N) is 3. The van der Waals surface area contributed by atoms with E-state index in [1.54, 1.807) is 17.0 Å². The smallest absolute Gasteiger partial charge is 0.226 e. The molecule has 0 atom stereocenters. The molecule has 158 valence electrons. The monoisotopic (exact) mass is 411 g/mol. The van der Waals surface area contributed by atoms with E-state index in [2.05, 4.69) is 15.3 Å². The summed E-state index contributed by atoms with van der Waals surface area (Å²) in [5.74, 6) is -0.391. The predicted octanol–water partition coefficient (Wildman–Crippen LogP) is 3.26. The van der Waals surface area contributed by atoms with Crippen LogP contribution < -0.4 is 16.0 Å². The Morgan fingerprint density at radius 2 is 2.00 bits per heavy atom. The maximum atomic E-state index is 14.5. The third kappa shape index (κ3) is 4.42. The van der Waals surface area contributed by atoms with Crippen LogP contribution in [0.15, 0.2) is 30.5 Å². The molecule has 3 N–H and O–H groups in total. The third-order valence-corrected chi connectivity index (χ3v) is 5.96. The number of piperidine rings is 1. The van der Waals surface area contributed by atoms with Crippen LogP contribution in [0.5, 0.6) is 0 Å². The Labute approximate surface area is 174 Å². The van der Waals surface area contributed by atoms with Crippen LogP contribution in [0.1, 0.15) is 44.9 Å². The van der Waals surface area contributed by atoms with Crippen molar-refractivity contribution < 1.29 is 14.0 Å². The van der Waals surface area contributed by atoms with Crippen molar-refractivity contribution in [2.75, 3.05) is 16.8 Å². The molecule has 30 heavy (non-hydrogen) atoms. The number of amides is 2. The van der Waals surface area contributed by atoms with Gasteiger partial charge >= 0.3 is 0 Å². The van der Waals surface area contributed by atoms with Gasteiger partial charge in [-0.3, -0.25) is 9.59 Å². The topological polar surface area (TPSA) is 101 Å². The summed E-state index contributed by atoms with van der Waals surface area (Å²) in [5, 5.41) is 3.26. The van der Waals surface area contributed by atoms with Crippen molar-refractivity contribution in [2.45, 2.75) is 51.0 Å². The number of nitrogens with two attached hydrogens (primary N) is 1. The van der Waals surface area contributed by atoms with Gasteiger partial charge in [-0.1, -0.05) is 12.1 Å². The van der Waals surface area contributed by atoms with Gasteiger partial charge in [0.05, 0.1) is 6.20 Å². The Morgan fingerprint density at radius 3 is 2.73 bits per heavy atom. The highest BCUT2D eigenvalue weighted by molar-refractivity contribution is 5.94. The van der Waals surface area contributed by atoms with Crippen LogP contribution in [0.2, 0.25) is 0 Å². The molecule has 1 aliphatic carbocycles. The maximum Gasteiger partial charge on any atom is 0.226 e. The molecule has 0 spiro atoms. The van der Waals surface area contributed by atoms with Gasteiger partial charge < -0.3 is 16.0 Å². The maximum absolute atomic E-state index is 14.5. The van der Waals surface area contributed by atoms with Gasteiger partial charge in [0.1, 0.15) is 5.69 Å². The van der Waals surface area contributed by atoms with E-state index in [1.807, 2.05) is 12.1 Å². The van der Waals surface area contributed by atoms with Crippen molar-refractivity contribution in [1.29, 1.82) is 0 Å². The normalized spacial score (nSPS) is 22.0. The quantitative estimate of drug-likeness (QED) is 0.786. The highest BCUT2D eigenvalue weighted by Crippen LogP contribution is 2.29. The van der Waals surface area contributed by atoms with Gasteiger partial charge in [0.15, 0.2) is 5.82 Å². The van der Waals surface area contributed by atoms with Crippen LogP contribution in [-0.2, 0) is 9.59 Å². The third-order valence-electron chi connectivity index (χ3n) is 5.96. The molecule has 7 nitrogen and oxygen atoms in total. The Bertz CT molecular complexity index is 943. The van der Waals surface area contributed by atoms with Crippen LogP contribution in [0.4, 0.5) is 16.0 Å². The summed E-state index contributed by atoms with van der Waals surface area (Å²) >= 11 is 0. The summed E-state index contributed by atoms with van der Waals surface area (Å²) in [6.07, 6.45) is 6.61. The zero-order chi connectivity index (χ0) is 21.1. The second-order valence-corrected chi connectivity index (χ2v) is 8.04. The van der Waals surface area contributed by atoms with Crippen LogP contribution in [0.3, 0.4) is 0 Å². The lowest BCUT2D eigenvalue weighted by molar-refractivity contribution is -0.122. The molecule has 2 amide bonds. The van der Waals surface area contributed by atoms with Crippen molar-refractivity contribution in [3.63, 3.8) is 0 Å². The Kier molecular flexibility index (Phi) is 5.92. The number of rotatable bonds is 5. The lowest BCUT2D eigenvalue weighted by Gasteiger charge is -2.27. The number of nitrogens with one attached hydrogen (secondary N) is 1. The fourth-order valence-electron chi connectivity index (χ4n) is 4.24. The number of carbonyl (C=O) groups is 2. The molecule has 1 saturated carbocycles. The summed E-state index contributed by atoms with van der Waals surface area (Å²) in [7, 11) is 0. The first-order chi connectivity index (χ1) is 14.5. The van der Waals surface area contributed by atoms with Gasteiger partial charge in [0, 0.05) is 36.2 Å². The summed E-state index contributed by atoms with van der Waals surface area (Å²) in [4.78, 5) is 33.8. The van der Waals surface area contributed by atoms with E-state index in [4.69, 9.17) is 5.73 Å². The molecule has 2 aromatic rings. The number of carbonyl (C=O) groups excluding carboxylic acids is 2. The van der Waals surface area contributed by atoms with Crippen LogP contribution in [0, 0.1) is 11.7 Å². The zero-order valence-corrected chi connectivity index (χ0v) is 16.8. The van der Waals surface area contributed by atoms with Crippen molar-refractivity contribution in [2.24, 2.45) is 11.7 Å². The Balaban J connectivity index is 1.52. The van der Waals surface area contributed by atoms with Crippen molar-refractivity contribution in [3.8, 4) is 11.3 Å². The minimum atomic E-state index is -0.514. The molecule has 4 rings (SSSR count). The fraction of sp³-hybridized carbons (Fsp3) is 0.455. The fourth-order valence-corrected chi connectivity index (χ4v) is 4.24. The molecule has 1 aromatic carbocycles. The molecule has 2 aliphatic rings. The number of hydrogen-bond acceptors (Lipinski definition) is 5. The Hall–Kier alpha value is -3.03. The minimum absolute atomic E-state index is 0.0759. The molecule has 2 fully saturated rings. The molecule has 0 unspecified atom stereocenters.